The maximum Gasteiger partial charge on any atom is 0.227 e. The van der Waals surface area contributed by atoms with Gasteiger partial charge in [-0.05, 0) is 64.7 Å². The minimum absolute atomic E-state index is 0.132. The molecule has 2 saturated heterocycles. The lowest BCUT2D eigenvalue weighted by Crippen LogP contribution is -2.43. The summed E-state index contributed by atoms with van der Waals surface area (Å²) in [4.78, 5) is 14.7. The molecule has 0 radical (unpaired) electrons. The molecule has 2 fully saturated rings. The highest BCUT2D eigenvalue weighted by atomic mass is 16.2. The highest BCUT2D eigenvalue weighted by Gasteiger charge is 2.39. The first kappa shape index (κ1) is 14.8. The lowest BCUT2D eigenvalue weighted by atomic mass is 9.83. The van der Waals surface area contributed by atoms with E-state index in [9.17, 15) is 4.79 Å². The van der Waals surface area contributed by atoms with Gasteiger partial charge in [0.15, 0.2) is 0 Å². The van der Waals surface area contributed by atoms with Crippen molar-refractivity contribution in [3.63, 3.8) is 0 Å². The number of nitrogens with zero attached hydrogens (tertiary/aromatic N) is 1. The van der Waals surface area contributed by atoms with Gasteiger partial charge < -0.3 is 15.5 Å². The van der Waals surface area contributed by atoms with Gasteiger partial charge in [-0.3, -0.25) is 4.79 Å². The summed E-state index contributed by atoms with van der Waals surface area (Å²) >= 11 is 0. The van der Waals surface area contributed by atoms with Gasteiger partial charge in [-0.2, -0.15) is 0 Å². The first-order chi connectivity index (χ1) is 9.16. The zero-order chi connectivity index (χ0) is 13.7. The lowest BCUT2D eigenvalue weighted by molar-refractivity contribution is -0.130. The Morgan fingerprint density at radius 2 is 2.16 bits per heavy atom. The number of carbonyl (C=O) groups is 1. The lowest BCUT2D eigenvalue weighted by Gasteiger charge is -2.30. The summed E-state index contributed by atoms with van der Waals surface area (Å²) in [5.74, 6) is 1.07. The third kappa shape index (κ3) is 3.69. The number of rotatable bonds is 5. The molecular weight excluding hydrogens is 238 g/mol. The molecule has 2 aliphatic rings. The SMILES string of the molecule is CCC1(C(=O)NCCC2CCN(C)CC2)CCNC1. The van der Waals surface area contributed by atoms with Crippen LogP contribution in [0.4, 0.5) is 0 Å². The van der Waals surface area contributed by atoms with Crippen molar-refractivity contribution in [1.82, 2.24) is 15.5 Å². The molecule has 19 heavy (non-hydrogen) atoms. The van der Waals surface area contributed by atoms with Crippen LogP contribution in [-0.2, 0) is 4.79 Å². The van der Waals surface area contributed by atoms with Crippen molar-refractivity contribution in [2.75, 3.05) is 39.8 Å². The van der Waals surface area contributed by atoms with Crippen LogP contribution in [0.15, 0.2) is 0 Å². The van der Waals surface area contributed by atoms with E-state index in [1.165, 1.54) is 25.9 Å². The summed E-state index contributed by atoms with van der Waals surface area (Å²) in [6.07, 6.45) is 5.65. The molecule has 4 nitrogen and oxygen atoms in total. The molecule has 0 bridgehead atoms. The summed E-state index contributed by atoms with van der Waals surface area (Å²) in [6.45, 7) is 7.24. The second-order valence-corrected chi connectivity index (χ2v) is 6.35. The molecule has 2 aliphatic heterocycles. The Morgan fingerprint density at radius 3 is 2.74 bits per heavy atom. The summed E-state index contributed by atoms with van der Waals surface area (Å²) in [7, 11) is 2.19. The van der Waals surface area contributed by atoms with Crippen LogP contribution in [0, 0.1) is 11.3 Å². The summed E-state index contributed by atoms with van der Waals surface area (Å²) in [5, 5.41) is 6.51. The van der Waals surface area contributed by atoms with Gasteiger partial charge in [-0.25, -0.2) is 0 Å². The monoisotopic (exact) mass is 267 g/mol. The van der Waals surface area contributed by atoms with E-state index in [1.807, 2.05) is 0 Å². The van der Waals surface area contributed by atoms with Gasteiger partial charge in [0.2, 0.25) is 5.91 Å². The van der Waals surface area contributed by atoms with E-state index in [4.69, 9.17) is 0 Å². The topological polar surface area (TPSA) is 44.4 Å². The van der Waals surface area contributed by atoms with E-state index < -0.39 is 0 Å². The molecule has 0 spiro atoms. The van der Waals surface area contributed by atoms with Crippen molar-refractivity contribution in [3.8, 4) is 0 Å². The largest absolute Gasteiger partial charge is 0.356 e. The fourth-order valence-corrected chi connectivity index (χ4v) is 3.33. The minimum Gasteiger partial charge on any atom is -0.356 e. The van der Waals surface area contributed by atoms with Gasteiger partial charge >= 0.3 is 0 Å². The Bertz CT molecular complexity index is 292. The Labute approximate surface area is 117 Å². The van der Waals surface area contributed by atoms with Gasteiger partial charge in [0.05, 0.1) is 5.41 Å². The van der Waals surface area contributed by atoms with Gasteiger partial charge in [0.1, 0.15) is 0 Å². The van der Waals surface area contributed by atoms with Crippen LogP contribution in [0.25, 0.3) is 0 Å². The summed E-state index contributed by atoms with van der Waals surface area (Å²) in [5.41, 5.74) is -0.132. The van der Waals surface area contributed by atoms with E-state index >= 15 is 0 Å². The molecule has 4 heteroatoms. The number of likely N-dealkylation sites (tertiary alicyclic amines) is 1. The van der Waals surface area contributed by atoms with Crippen molar-refractivity contribution < 1.29 is 4.79 Å². The first-order valence-corrected chi connectivity index (χ1v) is 7.84. The van der Waals surface area contributed by atoms with Crippen LogP contribution in [0.3, 0.4) is 0 Å². The molecule has 0 aromatic rings. The van der Waals surface area contributed by atoms with Crippen molar-refractivity contribution in [1.29, 1.82) is 0 Å². The Hall–Kier alpha value is -0.610. The van der Waals surface area contributed by atoms with E-state index in [0.29, 0.717) is 0 Å². The summed E-state index contributed by atoms with van der Waals surface area (Å²) in [6, 6.07) is 0. The van der Waals surface area contributed by atoms with Gasteiger partial charge in [0.25, 0.3) is 0 Å². The fraction of sp³-hybridized carbons (Fsp3) is 0.933. The Kier molecular flexibility index (Phi) is 5.22. The second kappa shape index (κ2) is 6.71. The van der Waals surface area contributed by atoms with Crippen LogP contribution < -0.4 is 10.6 Å². The molecule has 110 valence electrons. The Balaban J connectivity index is 1.69. The smallest absolute Gasteiger partial charge is 0.227 e. The molecule has 2 heterocycles. The molecule has 0 saturated carbocycles. The number of piperidine rings is 1. The van der Waals surface area contributed by atoms with Crippen molar-refractivity contribution in [3.05, 3.63) is 0 Å². The average molecular weight is 267 g/mol. The van der Waals surface area contributed by atoms with Gasteiger partial charge in [0, 0.05) is 13.1 Å². The summed E-state index contributed by atoms with van der Waals surface area (Å²) < 4.78 is 0. The van der Waals surface area contributed by atoms with E-state index in [-0.39, 0.29) is 11.3 Å². The average Bonchev–Trinajstić information content (AvgIpc) is 2.91. The van der Waals surface area contributed by atoms with Crippen LogP contribution in [0.5, 0.6) is 0 Å². The molecule has 1 unspecified atom stereocenters. The molecule has 1 amide bonds. The molecule has 2 rings (SSSR count). The normalized spacial score (nSPS) is 29.6. The number of amides is 1. The van der Waals surface area contributed by atoms with Crippen LogP contribution in [-0.4, -0.2) is 50.6 Å². The number of carbonyl (C=O) groups excluding carboxylic acids is 1. The predicted octanol–water partition coefficient (Wildman–Crippen LogP) is 1.22. The third-order valence-electron chi connectivity index (χ3n) is 5.08. The fourth-order valence-electron chi connectivity index (χ4n) is 3.33. The zero-order valence-electron chi connectivity index (χ0n) is 12.5. The number of hydrogen-bond donors (Lipinski definition) is 2. The molecular formula is C15H29N3O. The second-order valence-electron chi connectivity index (χ2n) is 6.35. The molecule has 0 aromatic heterocycles. The first-order valence-electron chi connectivity index (χ1n) is 7.84. The molecule has 1 atom stereocenters. The highest BCUT2D eigenvalue weighted by molar-refractivity contribution is 5.83. The third-order valence-corrected chi connectivity index (χ3v) is 5.08. The van der Waals surface area contributed by atoms with E-state index in [0.717, 1.165) is 44.8 Å². The number of hydrogen-bond acceptors (Lipinski definition) is 3. The maximum atomic E-state index is 12.3. The molecule has 0 aliphatic carbocycles. The molecule has 0 aromatic carbocycles. The van der Waals surface area contributed by atoms with Gasteiger partial charge in [-0.1, -0.05) is 6.92 Å². The number of nitrogens with one attached hydrogen (secondary N) is 2. The van der Waals surface area contributed by atoms with E-state index in [1.54, 1.807) is 0 Å². The predicted molar refractivity (Wildman–Crippen MR) is 78.1 cm³/mol. The standard InChI is InChI=1S/C15H29N3O/c1-3-15(7-9-16-12-15)14(19)17-8-4-13-5-10-18(2)11-6-13/h13,16H,3-12H2,1-2H3,(H,17,19). The van der Waals surface area contributed by atoms with Crippen molar-refractivity contribution >= 4 is 5.91 Å². The zero-order valence-corrected chi connectivity index (χ0v) is 12.5. The van der Waals surface area contributed by atoms with Crippen LogP contribution >= 0.6 is 0 Å². The van der Waals surface area contributed by atoms with Crippen LogP contribution in [0.2, 0.25) is 0 Å². The van der Waals surface area contributed by atoms with Crippen molar-refractivity contribution in [2.24, 2.45) is 11.3 Å². The van der Waals surface area contributed by atoms with E-state index in [2.05, 4.69) is 29.5 Å². The highest BCUT2D eigenvalue weighted by Crippen LogP contribution is 2.29. The maximum absolute atomic E-state index is 12.3. The van der Waals surface area contributed by atoms with Crippen LogP contribution in [0.1, 0.15) is 39.0 Å². The molecule has 2 N–H and O–H groups in total. The quantitative estimate of drug-likeness (QED) is 0.787. The van der Waals surface area contributed by atoms with Gasteiger partial charge in [-0.15, -0.1) is 0 Å². The Morgan fingerprint density at radius 1 is 1.42 bits per heavy atom. The minimum atomic E-state index is -0.132. The van der Waals surface area contributed by atoms with Crippen molar-refractivity contribution in [2.45, 2.75) is 39.0 Å².